The van der Waals surface area contributed by atoms with Gasteiger partial charge in [0.2, 0.25) is 0 Å². The first-order valence-corrected chi connectivity index (χ1v) is 8.18. The van der Waals surface area contributed by atoms with Crippen molar-refractivity contribution in [3.05, 3.63) is 12.2 Å². The Hall–Kier alpha value is -0.900. The van der Waals surface area contributed by atoms with Gasteiger partial charge in [-0.15, -0.1) is 0 Å². The number of aromatic nitrogens is 3. The predicted octanol–water partition coefficient (Wildman–Crippen LogP) is 3.59. The molecule has 0 aliphatic heterocycles. The Bertz CT molecular complexity index is 349. The van der Waals surface area contributed by atoms with E-state index >= 15 is 0 Å². The Morgan fingerprint density at radius 3 is 2.55 bits per heavy atom. The van der Waals surface area contributed by atoms with Crippen LogP contribution in [0.4, 0.5) is 0 Å². The maximum atomic E-state index is 10.1. The minimum absolute atomic E-state index is 0.281. The van der Waals surface area contributed by atoms with Crippen molar-refractivity contribution in [1.29, 1.82) is 0 Å². The average Bonchev–Trinajstić information content (AvgIpc) is 2.80. The van der Waals surface area contributed by atoms with Crippen LogP contribution >= 0.6 is 0 Å². The third kappa shape index (κ3) is 7.04. The van der Waals surface area contributed by atoms with Crippen molar-refractivity contribution < 1.29 is 5.11 Å². The zero-order valence-corrected chi connectivity index (χ0v) is 13.4. The second-order valence-corrected chi connectivity index (χ2v) is 6.17. The van der Waals surface area contributed by atoms with Crippen molar-refractivity contribution in [2.45, 2.75) is 84.8 Å². The van der Waals surface area contributed by atoms with E-state index < -0.39 is 0 Å². The highest BCUT2D eigenvalue weighted by Crippen LogP contribution is 2.11. The second-order valence-electron chi connectivity index (χ2n) is 6.17. The molecule has 0 aliphatic rings. The van der Waals surface area contributed by atoms with Crippen LogP contribution in [0.3, 0.4) is 0 Å². The SMILES string of the molecule is CCCCCCCCC(O)Cc1ncnn1CC(C)C. The summed E-state index contributed by atoms with van der Waals surface area (Å²) in [5.74, 6) is 1.46. The normalized spacial score (nSPS) is 13.1. The van der Waals surface area contributed by atoms with E-state index in [2.05, 4.69) is 30.9 Å². The van der Waals surface area contributed by atoms with Crippen LogP contribution in [0, 0.1) is 5.92 Å². The fraction of sp³-hybridized carbons (Fsp3) is 0.875. The van der Waals surface area contributed by atoms with Gasteiger partial charge in [-0.05, 0) is 12.3 Å². The lowest BCUT2D eigenvalue weighted by Gasteiger charge is -2.12. The van der Waals surface area contributed by atoms with Gasteiger partial charge in [-0.1, -0.05) is 59.3 Å². The first kappa shape index (κ1) is 17.2. The molecule has 1 unspecified atom stereocenters. The summed E-state index contributed by atoms with van der Waals surface area (Å²) in [6.45, 7) is 7.44. The number of unbranched alkanes of at least 4 members (excludes halogenated alkanes) is 5. The standard InChI is InChI=1S/C16H31N3O/c1-4-5-6-7-8-9-10-15(20)11-16-17-13-18-19(16)12-14(2)3/h13-15,20H,4-12H2,1-3H3. The van der Waals surface area contributed by atoms with E-state index in [0.717, 1.165) is 25.2 Å². The van der Waals surface area contributed by atoms with Crippen molar-refractivity contribution in [2.75, 3.05) is 0 Å². The van der Waals surface area contributed by atoms with E-state index in [9.17, 15) is 5.11 Å². The van der Waals surface area contributed by atoms with Crippen LogP contribution in [-0.2, 0) is 13.0 Å². The van der Waals surface area contributed by atoms with Crippen LogP contribution in [-0.4, -0.2) is 26.0 Å². The van der Waals surface area contributed by atoms with Gasteiger partial charge in [-0.2, -0.15) is 5.10 Å². The Balaban J connectivity index is 2.21. The number of hydrogen-bond donors (Lipinski definition) is 1. The van der Waals surface area contributed by atoms with Crippen molar-refractivity contribution in [3.63, 3.8) is 0 Å². The van der Waals surface area contributed by atoms with Crippen LogP contribution < -0.4 is 0 Å². The van der Waals surface area contributed by atoms with Crippen LogP contribution in [0.1, 0.15) is 71.5 Å². The van der Waals surface area contributed by atoms with Crippen LogP contribution in [0.5, 0.6) is 0 Å². The van der Waals surface area contributed by atoms with E-state index in [1.54, 1.807) is 6.33 Å². The largest absolute Gasteiger partial charge is 0.393 e. The monoisotopic (exact) mass is 281 g/mol. The molecule has 0 bridgehead atoms. The molecule has 4 nitrogen and oxygen atoms in total. The van der Waals surface area contributed by atoms with E-state index in [0.29, 0.717) is 12.3 Å². The summed E-state index contributed by atoms with van der Waals surface area (Å²) in [5.41, 5.74) is 0. The van der Waals surface area contributed by atoms with E-state index in [1.807, 2.05) is 4.68 Å². The fourth-order valence-electron chi connectivity index (χ4n) is 2.42. The number of rotatable bonds is 11. The third-order valence-electron chi connectivity index (χ3n) is 3.54. The predicted molar refractivity (Wildman–Crippen MR) is 82.6 cm³/mol. The molecule has 1 aromatic heterocycles. The maximum Gasteiger partial charge on any atom is 0.138 e. The molecule has 0 saturated heterocycles. The highest BCUT2D eigenvalue weighted by Gasteiger charge is 2.11. The quantitative estimate of drug-likeness (QED) is 0.631. The summed E-state index contributed by atoms with van der Waals surface area (Å²) in [6.07, 6.45) is 10.4. The lowest BCUT2D eigenvalue weighted by molar-refractivity contribution is 0.156. The van der Waals surface area contributed by atoms with Gasteiger partial charge in [0.25, 0.3) is 0 Å². The third-order valence-corrected chi connectivity index (χ3v) is 3.54. The molecular formula is C16H31N3O. The van der Waals surface area contributed by atoms with Gasteiger partial charge in [-0.25, -0.2) is 9.67 Å². The lowest BCUT2D eigenvalue weighted by atomic mass is 10.1. The van der Waals surface area contributed by atoms with Crippen molar-refractivity contribution in [2.24, 2.45) is 5.92 Å². The summed E-state index contributed by atoms with van der Waals surface area (Å²) in [5, 5.41) is 14.3. The highest BCUT2D eigenvalue weighted by atomic mass is 16.3. The molecule has 0 aromatic carbocycles. The maximum absolute atomic E-state index is 10.1. The molecule has 20 heavy (non-hydrogen) atoms. The molecule has 0 spiro atoms. The molecular weight excluding hydrogens is 250 g/mol. The molecule has 1 heterocycles. The number of aliphatic hydroxyl groups is 1. The average molecular weight is 281 g/mol. The number of aliphatic hydroxyl groups excluding tert-OH is 1. The molecule has 1 aromatic rings. The minimum Gasteiger partial charge on any atom is -0.393 e. The van der Waals surface area contributed by atoms with Crippen molar-refractivity contribution in [1.82, 2.24) is 14.8 Å². The fourth-order valence-corrected chi connectivity index (χ4v) is 2.42. The van der Waals surface area contributed by atoms with Gasteiger partial charge >= 0.3 is 0 Å². The van der Waals surface area contributed by atoms with Crippen molar-refractivity contribution in [3.8, 4) is 0 Å². The molecule has 1 atom stereocenters. The summed E-state index contributed by atoms with van der Waals surface area (Å²) >= 11 is 0. The zero-order valence-electron chi connectivity index (χ0n) is 13.4. The molecule has 0 saturated carbocycles. The molecule has 1 N–H and O–H groups in total. The van der Waals surface area contributed by atoms with Gasteiger partial charge in [0.15, 0.2) is 0 Å². The summed E-state index contributed by atoms with van der Waals surface area (Å²) in [4.78, 5) is 4.27. The van der Waals surface area contributed by atoms with Gasteiger partial charge in [-0.3, -0.25) is 0 Å². The van der Waals surface area contributed by atoms with Gasteiger partial charge in [0.05, 0.1) is 6.10 Å². The molecule has 0 fully saturated rings. The highest BCUT2D eigenvalue weighted by molar-refractivity contribution is 4.87. The topological polar surface area (TPSA) is 50.9 Å². The smallest absolute Gasteiger partial charge is 0.138 e. The summed E-state index contributed by atoms with van der Waals surface area (Å²) in [7, 11) is 0. The van der Waals surface area contributed by atoms with Crippen LogP contribution in [0.15, 0.2) is 6.33 Å². The van der Waals surface area contributed by atoms with Gasteiger partial charge < -0.3 is 5.11 Å². The second kappa shape index (κ2) is 9.92. The van der Waals surface area contributed by atoms with Crippen molar-refractivity contribution >= 4 is 0 Å². The van der Waals surface area contributed by atoms with Crippen LogP contribution in [0.2, 0.25) is 0 Å². The molecule has 116 valence electrons. The van der Waals surface area contributed by atoms with E-state index in [1.165, 1.54) is 32.1 Å². The first-order valence-electron chi connectivity index (χ1n) is 8.18. The first-order chi connectivity index (χ1) is 9.63. The Morgan fingerprint density at radius 1 is 1.15 bits per heavy atom. The minimum atomic E-state index is -0.281. The lowest BCUT2D eigenvalue weighted by Crippen LogP contribution is -2.17. The molecule has 0 amide bonds. The van der Waals surface area contributed by atoms with Gasteiger partial charge in [0, 0.05) is 13.0 Å². The van der Waals surface area contributed by atoms with E-state index in [4.69, 9.17) is 0 Å². The molecule has 0 radical (unpaired) electrons. The summed E-state index contributed by atoms with van der Waals surface area (Å²) < 4.78 is 1.93. The Kier molecular flexibility index (Phi) is 8.51. The number of hydrogen-bond acceptors (Lipinski definition) is 3. The van der Waals surface area contributed by atoms with E-state index in [-0.39, 0.29) is 6.10 Å². The molecule has 0 aliphatic carbocycles. The number of nitrogens with zero attached hydrogens (tertiary/aromatic N) is 3. The molecule has 4 heteroatoms. The van der Waals surface area contributed by atoms with Gasteiger partial charge in [0.1, 0.15) is 12.2 Å². The summed E-state index contributed by atoms with van der Waals surface area (Å²) in [6, 6.07) is 0. The Morgan fingerprint density at radius 2 is 1.85 bits per heavy atom. The molecule has 1 rings (SSSR count). The zero-order chi connectivity index (χ0) is 14.8. The van der Waals surface area contributed by atoms with Crippen LogP contribution in [0.25, 0.3) is 0 Å². The Labute approximate surface area is 123 Å².